The number of hydrogen-bond acceptors (Lipinski definition) is 4. The van der Waals surface area contributed by atoms with Crippen LogP contribution in [0.1, 0.15) is 22.8 Å². The van der Waals surface area contributed by atoms with Crippen molar-refractivity contribution in [2.75, 3.05) is 20.7 Å². The topological polar surface area (TPSA) is 53.3 Å². The van der Waals surface area contributed by atoms with E-state index in [9.17, 15) is 4.79 Å². The van der Waals surface area contributed by atoms with Gasteiger partial charge in [-0.25, -0.2) is 4.79 Å². The van der Waals surface area contributed by atoms with Crippen LogP contribution in [0.25, 0.3) is 0 Å². The monoisotopic (exact) mass is 246 g/mol. The van der Waals surface area contributed by atoms with Crippen LogP contribution in [-0.2, 0) is 11.3 Å². The average Bonchev–Trinajstić information content (AvgIpc) is 2.38. The first-order chi connectivity index (χ1) is 8.56. The molecular formula is C14H18N2O2. The number of esters is 1. The summed E-state index contributed by atoms with van der Waals surface area (Å²) in [5.41, 5.74) is 1.66. The Labute approximate surface area is 108 Å². The van der Waals surface area contributed by atoms with Crippen molar-refractivity contribution in [3.8, 4) is 6.07 Å². The van der Waals surface area contributed by atoms with Gasteiger partial charge in [-0.15, -0.1) is 0 Å². The van der Waals surface area contributed by atoms with Crippen LogP contribution in [0.15, 0.2) is 24.3 Å². The van der Waals surface area contributed by atoms with Crippen molar-refractivity contribution in [2.45, 2.75) is 13.5 Å². The Morgan fingerprint density at radius 2 is 2.06 bits per heavy atom. The maximum Gasteiger partial charge on any atom is 0.337 e. The number of benzene rings is 1. The number of nitriles is 1. The van der Waals surface area contributed by atoms with E-state index in [4.69, 9.17) is 5.26 Å². The fourth-order valence-corrected chi connectivity index (χ4v) is 1.75. The summed E-state index contributed by atoms with van der Waals surface area (Å²) < 4.78 is 4.64. The second-order valence-electron chi connectivity index (χ2n) is 4.42. The van der Waals surface area contributed by atoms with Gasteiger partial charge in [0.25, 0.3) is 0 Å². The third-order valence-corrected chi connectivity index (χ3v) is 2.63. The fourth-order valence-electron chi connectivity index (χ4n) is 1.75. The molecule has 0 saturated heterocycles. The summed E-state index contributed by atoms with van der Waals surface area (Å²) in [5.74, 6) is -0.308. The molecule has 4 heteroatoms. The number of carbonyl (C=O) groups excluding carboxylic acids is 1. The molecule has 0 spiro atoms. The molecule has 0 heterocycles. The highest BCUT2D eigenvalue weighted by Crippen LogP contribution is 2.08. The van der Waals surface area contributed by atoms with Gasteiger partial charge >= 0.3 is 5.97 Å². The maximum absolute atomic E-state index is 11.3. The standard InChI is InChI=1S/C14H18N2O2/c1-11(8-15)9-16(2)10-12-4-6-13(7-5-12)14(17)18-3/h4-7,11H,9-10H2,1-3H3. The van der Waals surface area contributed by atoms with Gasteiger partial charge in [0.15, 0.2) is 0 Å². The van der Waals surface area contributed by atoms with E-state index in [1.54, 1.807) is 12.1 Å². The Hall–Kier alpha value is -1.86. The minimum Gasteiger partial charge on any atom is -0.465 e. The molecule has 0 bridgehead atoms. The molecule has 0 aliphatic carbocycles. The largest absolute Gasteiger partial charge is 0.465 e. The van der Waals surface area contributed by atoms with E-state index in [0.717, 1.165) is 18.7 Å². The molecule has 1 aromatic carbocycles. The second-order valence-corrected chi connectivity index (χ2v) is 4.42. The molecule has 0 aromatic heterocycles. The first-order valence-electron chi connectivity index (χ1n) is 5.82. The molecule has 1 rings (SSSR count). The zero-order valence-electron chi connectivity index (χ0n) is 11.0. The molecule has 0 amide bonds. The van der Waals surface area contributed by atoms with E-state index >= 15 is 0 Å². The van der Waals surface area contributed by atoms with E-state index in [1.165, 1.54) is 7.11 Å². The van der Waals surface area contributed by atoms with Crippen LogP contribution in [0.5, 0.6) is 0 Å². The summed E-state index contributed by atoms with van der Waals surface area (Å²) in [6, 6.07) is 9.52. The third kappa shape index (κ3) is 4.19. The van der Waals surface area contributed by atoms with Crippen LogP contribution >= 0.6 is 0 Å². The normalized spacial score (nSPS) is 11.9. The van der Waals surface area contributed by atoms with Gasteiger partial charge in [0, 0.05) is 13.1 Å². The highest BCUT2D eigenvalue weighted by molar-refractivity contribution is 5.89. The van der Waals surface area contributed by atoms with Crippen molar-refractivity contribution in [3.05, 3.63) is 35.4 Å². The number of nitrogens with zero attached hydrogens (tertiary/aromatic N) is 2. The SMILES string of the molecule is COC(=O)c1ccc(CN(C)CC(C)C#N)cc1. The van der Waals surface area contributed by atoms with Gasteiger partial charge in [-0.05, 0) is 31.7 Å². The van der Waals surface area contributed by atoms with E-state index in [1.807, 2.05) is 26.1 Å². The van der Waals surface area contributed by atoms with Gasteiger partial charge in [-0.3, -0.25) is 0 Å². The van der Waals surface area contributed by atoms with Crippen LogP contribution in [0.3, 0.4) is 0 Å². The number of methoxy groups -OCH3 is 1. The molecule has 0 radical (unpaired) electrons. The summed E-state index contributed by atoms with van der Waals surface area (Å²) in [7, 11) is 3.34. The summed E-state index contributed by atoms with van der Waals surface area (Å²) in [5, 5.41) is 8.75. The first kappa shape index (κ1) is 14.2. The van der Waals surface area contributed by atoms with E-state index in [-0.39, 0.29) is 11.9 Å². The minimum absolute atomic E-state index is 0.0179. The van der Waals surface area contributed by atoms with E-state index < -0.39 is 0 Å². The lowest BCUT2D eigenvalue weighted by Gasteiger charge is -2.17. The molecule has 0 aliphatic rings. The molecule has 0 N–H and O–H groups in total. The number of hydrogen-bond donors (Lipinski definition) is 0. The molecule has 1 unspecified atom stereocenters. The van der Waals surface area contributed by atoms with Crippen LogP contribution < -0.4 is 0 Å². The third-order valence-electron chi connectivity index (χ3n) is 2.63. The van der Waals surface area contributed by atoms with Gasteiger partial charge in [-0.1, -0.05) is 12.1 Å². The molecule has 0 fully saturated rings. The number of carbonyl (C=O) groups is 1. The molecule has 96 valence electrons. The Morgan fingerprint density at radius 3 is 2.56 bits per heavy atom. The summed E-state index contributed by atoms with van der Waals surface area (Å²) in [6.45, 7) is 3.39. The predicted octanol–water partition coefficient (Wildman–Crippen LogP) is 2.06. The Kier molecular flexibility index (Phi) is 5.34. The molecule has 4 nitrogen and oxygen atoms in total. The lowest BCUT2D eigenvalue weighted by Crippen LogP contribution is -2.23. The van der Waals surface area contributed by atoms with Crippen LogP contribution in [-0.4, -0.2) is 31.6 Å². The Morgan fingerprint density at radius 1 is 1.44 bits per heavy atom. The van der Waals surface area contributed by atoms with Gasteiger partial charge in [-0.2, -0.15) is 5.26 Å². The van der Waals surface area contributed by atoms with Crippen molar-refractivity contribution in [1.29, 1.82) is 5.26 Å². The predicted molar refractivity (Wildman–Crippen MR) is 68.9 cm³/mol. The van der Waals surface area contributed by atoms with Gasteiger partial charge < -0.3 is 9.64 Å². The van der Waals surface area contributed by atoms with Crippen LogP contribution in [0, 0.1) is 17.2 Å². The van der Waals surface area contributed by atoms with Gasteiger partial charge in [0.2, 0.25) is 0 Å². The highest BCUT2D eigenvalue weighted by Gasteiger charge is 2.07. The Bertz CT molecular complexity index is 434. The van der Waals surface area contributed by atoms with Crippen molar-refractivity contribution < 1.29 is 9.53 Å². The quantitative estimate of drug-likeness (QED) is 0.746. The summed E-state index contributed by atoms with van der Waals surface area (Å²) in [4.78, 5) is 13.3. The number of ether oxygens (including phenoxy) is 1. The Balaban J connectivity index is 2.59. The average molecular weight is 246 g/mol. The van der Waals surface area contributed by atoms with Crippen LogP contribution in [0.2, 0.25) is 0 Å². The van der Waals surface area contributed by atoms with Crippen molar-refractivity contribution in [3.63, 3.8) is 0 Å². The highest BCUT2D eigenvalue weighted by atomic mass is 16.5. The molecule has 18 heavy (non-hydrogen) atoms. The maximum atomic E-state index is 11.3. The first-order valence-corrected chi connectivity index (χ1v) is 5.82. The van der Waals surface area contributed by atoms with Gasteiger partial charge in [0.05, 0.1) is 24.7 Å². The van der Waals surface area contributed by atoms with Crippen molar-refractivity contribution >= 4 is 5.97 Å². The lowest BCUT2D eigenvalue weighted by molar-refractivity contribution is 0.0600. The molecule has 1 atom stereocenters. The summed E-state index contributed by atoms with van der Waals surface area (Å²) >= 11 is 0. The molecule has 1 aromatic rings. The lowest BCUT2D eigenvalue weighted by atomic mass is 10.1. The van der Waals surface area contributed by atoms with E-state index in [2.05, 4.69) is 15.7 Å². The second kappa shape index (κ2) is 6.77. The van der Waals surface area contributed by atoms with Gasteiger partial charge in [0.1, 0.15) is 0 Å². The smallest absolute Gasteiger partial charge is 0.337 e. The number of rotatable bonds is 5. The van der Waals surface area contributed by atoms with Crippen molar-refractivity contribution in [1.82, 2.24) is 4.90 Å². The van der Waals surface area contributed by atoms with E-state index in [0.29, 0.717) is 5.56 Å². The zero-order chi connectivity index (χ0) is 13.5. The zero-order valence-corrected chi connectivity index (χ0v) is 11.0. The summed E-state index contributed by atoms with van der Waals surface area (Å²) in [6.07, 6.45) is 0. The molecule has 0 saturated carbocycles. The molecular weight excluding hydrogens is 228 g/mol. The fraction of sp³-hybridized carbons (Fsp3) is 0.429. The minimum atomic E-state index is -0.326. The van der Waals surface area contributed by atoms with Crippen LogP contribution in [0.4, 0.5) is 0 Å². The molecule has 0 aliphatic heterocycles. The van der Waals surface area contributed by atoms with Crippen molar-refractivity contribution in [2.24, 2.45) is 5.92 Å².